The molecule has 0 unspecified atom stereocenters. The molecule has 0 saturated carbocycles. The van der Waals surface area contributed by atoms with Crippen molar-refractivity contribution in [2.45, 2.75) is 13.5 Å². The minimum atomic E-state index is -0.0779. The molecule has 0 spiro atoms. The van der Waals surface area contributed by atoms with E-state index in [0.29, 0.717) is 12.3 Å². The van der Waals surface area contributed by atoms with Crippen LogP contribution in [0.1, 0.15) is 12.6 Å². The van der Waals surface area contributed by atoms with E-state index >= 15 is 0 Å². The lowest BCUT2D eigenvalue weighted by Gasteiger charge is -2.05. The van der Waals surface area contributed by atoms with Crippen LogP contribution in [-0.2, 0) is 13.7 Å². The van der Waals surface area contributed by atoms with Crippen molar-refractivity contribution >= 4 is 15.9 Å². The zero-order valence-corrected chi connectivity index (χ0v) is 11.9. The topological polar surface area (TPSA) is 47.3 Å². The fraction of sp³-hybridized carbons (Fsp3) is 0.308. The number of aromatic nitrogens is 2. The average Bonchev–Trinajstić information content (AvgIpc) is 2.68. The van der Waals surface area contributed by atoms with E-state index in [0.717, 1.165) is 21.7 Å². The van der Waals surface area contributed by atoms with Gasteiger partial charge in [-0.15, -0.1) is 0 Å². The second kappa shape index (κ2) is 5.54. The molecule has 0 amide bonds. The van der Waals surface area contributed by atoms with Gasteiger partial charge in [0.1, 0.15) is 16.2 Å². The van der Waals surface area contributed by atoms with Gasteiger partial charge in [0.15, 0.2) is 0 Å². The molecular formula is C13H15BrN2O2. The lowest BCUT2D eigenvalue weighted by molar-refractivity contribution is 0.276. The monoisotopic (exact) mass is 310 g/mol. The van der Waals surface area contributed by atoms with E-state index in [9.17, 15) is 5.11 Å². The van der Waals surface area contributed by atoms with Crippen LogP contribution in [0.25, 0.3) is 11.4 Å². The molecule has 0 aliphatic carbocycles. The Labute approximate surface area is 114 Å². The Balaban J connectivity index is 2.36. The minimum absolute atomic E-state index is 0.0779. The third kappa shape index (κ3) is 2.42. The molecule has 0 aliphatic heterocycles. The van der Waals surface area contributed by atoms with Crippen LogP contribution in [-0.4, -0.2) is 21.3 Å². The summed E-state index contributed by atoms with van der Waals surface area (Å²) in [6, 6.07) is 7.75. The Bertz CT molecular complexity index is 535. The van der Waals surface area contributed by atoms with Crippen molar-refractivity contribution in [3.05, 3.63) is 34.6 Å². The number of hydrogen-bond acceptors (Lipinski definition) is 3. The van der Waals surface area contributed by atoms with Gasteiger partial charge >= 0.3 is 0 Å². The Morgan fingerprint density at radius 3 is 2.50 bits per heavy atom. The van der Waals surface area contributed by atoms with Crippen LogP contribution in [0.3, 0.4) is 0 Å². The van der Waals surface area contributed by atoms with E-state index < -0.39 is 0 Å². The summed E-state index contributed by atoms with van der Waals surface area (Å²) in [7, 11) is 1.90. The summed E-state index contributed by atoms with van der Waals surface area (Å²) in [4.78, 5) is 4.40. The first-order valence-electron chi connectivity index (χ1n) is 5.72. The van der Waals surface area contributed by atoms with Gasteiger partial charge in [0, 0.05) is 12.6 Å². The quantitative estimate of drug-likeness (QED) is 0.944. The van der Waals surface area contributed by atoms with Gasteiger partial charge in [0.25, 0.3) is 0 Å². The molecule has 5 heteroatoms. The van der Waals surface area contributed by atoms with Crippen molar-refractivity contribution in [1.82, 2.24) is 9.55 Å². The van der Waals surface area contributed by atoms with Gasteiger partial charge in [-0.2, -0.15) is 0 Å². The van der Waals surface area contributed by atoms with E-state index in [1.165, 1.54) is 0 Å². The van der Waals surface area contributed by atoms with Crippen molar-refractivity contribution < 1.29 is 9.84 Å². The fourth-order valence-electron chi connectivity index (χ4n) is 1.76. The number of benzene rings is 1. The van der Waals surface area contributed by atoms with Gasteiger partial charge in [-0.05, 0) is 47.1 Å². The number of ether oxygens (including phenoxy) is 1. The van der Waals surface area contributed by atoms with Crippen LogP contribution in [0.15, 0.2) is 28.9 Å². The molecular weight excluding hydrogens is 296 g/mol. The highest BCUT2D eigenvalue weighted by atomic mass is 79.9. The van der Waals surface area contributed by atoms with Gasteiger partial charge in [-0.3, -0.25) is 0 Å². The first kappa shape index (κ1) is 13.1. The van der Waals surface area contributed by atoms with Crippen LogP contribution in [0.4, 0.5) is 0 Å². The highest BCUT2D eigenvalue weighted by Gasteiger charge is 2.13. The summed E-state index contributed by atoms with van der Waals surface area (Å²) >= 11 is 3.41. The molecule has 0 bridgehead atoms. The maximum absolute atomic E-state index is 9.19. The molecule has 0 aliphatic rings. The first-order chi connectivity index (χ1) is 8.67. The van der Waals surface area contributed by atoms with Crippen molar-refractivity contribution in [3.8, 4) is 17.1 Å². The van der Waals surface area contributed by atoms with Crippen molar-refractivity contribution in [1.29, 1.82) is 0 Å². The Kier molecular flexibility index (Phi) is 4.04. The average molecular weight is 311 g/mol. The van der Waals surface area contributed by atoms with E-state index in [1.54, 1.807) is 0 Å². The fourth-order valence-corrected chi connectivity index (χ4v) is 2.14. The minimum Gasteiger partial charge on any atom is -0.494 e. The molecule has 1 N–H and O–H groups in total. The zero-order chi connectivity index (χ0) is 13.1. The maximum Gasteiger partial charge on any atom is 0.140 e. The molecule has 2 rings (SSSR count). The molecule has 0 saturated heterocycles. The number of aliphatic hydroxyl groups is 1. The number of halogens is 1. The first-order valence-corrected chi connectivity index (χ1v) is 6.51. The number of aliphatic hydroxyl groups excluding tert-OH is 1. The van der Waals surface area contributed by atoms with Gasteiger partial charge in [-0.1, -0.05) is 0 Å². The summed E-state index contributed by atoms with van der Waals surface area (Å²) in [5, 5.41) is 9.19. The maximum atomic E-state index is 9.19. The second-order valence-corrected chi connectivity index (χ2v) is 4.60. The van der Waals surface area contributed by atoms with E-state index in [-0.39, 0.29) is 6.61 Å². The predicted octanol–water partition coefficient (Wildman–Crippen LogP) is 2.74. The van der Waals surface area contributed by atoms with Crippen LogP contribution in [0.2, 0.25) is 0 Å². The molecule has 0 atom stereocenters. The molecule has 1 aromatic heterocycles. The Hall–Kier alpha value is -1.33. The predicted molar refractivity (Wildman–Crippen MR) is 73.4 cm³/mol. The van der Waals surface area contributed by atoms with Gasteiger partial charge in [0.05, 0.1) is 18.9 Å². The van der Waals surface area contributed by atoms with E-state index in [1.807, 2.05) is 42.8 Å². The highest BCUT2D eigenvalue weighted by Crippen LogP contribution is 2.26. The number of nitrogens with zero attached hydrogens (tertiary/aromatic N) is 2. The summed E-state index contributed by atoms with van der Waals surface area (Å²) in [5.41, 5.74) is 1.63. The molecule has 18 heavy (non-hydrogen) atoms. The van der Waals surface area contributed by atoms with Crippen LogP contribution < -0.4 is 4.74 Å². The van der Waals surface area contributed by atoms with Crippen LogP contribution in [0.5, 0.6) is 5.75 Å². The summed E-state index contributed by atoms with van der Waals surface area (Å²) < 4.78 is 8.10. The molecule has 0 radical (unpaired) electrons. The Morgan fingerprint density at radius 1 is 1.33 bits per heavy atom. The molecule has 96 valence electrons. The number of rotatable bonds is 4. The molecule has 1 heterocycles. The van der Waals surface area contributed by atoms with Crippen LogP contribution >= 0.6 is 15.9 Å². The summed E-state index contributed by atoms with van der Waals surface area (Å²) in [5.74, 6) is 1.66. The van der Waals surface area contributed by atoms with Gasteiger partial charge in [0.2, 0.25) is 0 Å². The largest absolute Gasteiger partial charge is 0.494 e. The van der Waals surface area contributed by atoms with Crippen molar-refractivity contribution in [2.75, 3.05) is 6.61 Å². The SMILES string of the molecule is CCOc1ccc(-c2nc(CO)c(Br)n2C)cc1. The molecule has 2 aromatic rings. The van der Waals surface area contributed by atoms with E-state index in [4.69, 9.17) is 4.74 Å². The van der Waals surface area contributed by atoms with Crippen molar-refractivity contribution in [2.24, 2.45) is 7.05 Å². The third-order valence-corrected chi connectivity index (χ3v) is 3.65. The number of imidazole rings is 1. The summed E-state index contributed by atoms with van der Waals surface area (Å²) in [6.45, 7) is 2.53. The zero-order valence-electron chi connectivity index (χ0n) is 10.4. The lowest BCUT2D eigenvalue weighted by Crippen LogP contribution is -1.94. The van der Waals surface area contributed by atoms with Gasteiger partial charge in [-0.25, -0.2) is 4.98 Å². The molecule has 4 nitrogen and oxygen atoms in total. The summed E-state index contributed by atoms with van der Waals surface area (Å²) in [6.07, 6.45) is 0. The Morgan fingerprint density at radius 2 is 2.00 bits per heavy atom. The third-order valence-electron chi connectivity index (χ3n) is 2.66. The van der Waals surface area contributed by atoms with Crippen molar-refractivity contribution in [3.63, 3.8) is 0 Å². The van der Waals surface area contributed by atoms with E-state index in [2.05, 4.69) is 20.9 Å². The molecule has 1 aromatic carbocycles. The smallest absolute Gasteiger partial charge is 0.140 e. The number of hydrogen-bond donors (Lipinski definition) is 1. The molecule has 0 fully saturated rings. The normalized spacial score (nSPS) is 10.7. The second-order valence-electron chi connectivity index (χ2n) is 3.85. The standard InChI is InChI=1S/C13H15BrN2O2/c1-3-18-10-6-4-9(5-7-10)13-15-11(8-17)12(14)16(13)2/h4-7,17H,3,8H2,1-2H3. The van der Waals surface area contributed by atoms with Gasteiger partial charge < -0.3 is 14.4 Å². The van der Waals surface area contributed by atoms with Crippen LogP contribution in [0, 0.1) is 0 Å². The lowest BCUT2D eigenvalue weighted by atomic mass is 10.2. The highest BCUT2D eigenvalue weighted by molar-refractivity contribution is 9.10.